The van der Waals surface area contributed by atoms with Crippen molar-refractivity contribution in [3.05, 3.63) is 65.4 Å². The Kier molecular flexibility index (Phi) is 4.88. The molecule has 25 heavy (non-hydrogen) atoms. The fraction of sp³-hybridized carbons (Fsp3) is 0.211. The zero-order valence-corrected chi connectivity index (χ0v) is 14.0. The third-order valence-electron chi connectivity index (χ3n) is 4.02. The minimum absolute atomic E-state index is 0.0699. The van der Waals surface area contributed by atoms with Crippen molar-refractivity contribution in [2.24, 2.45) is 0 Å². The first-order chi connectivity index (χ1) is 12.1. The summed E-state index contributed by atoms with van der Waals surface area (Å²) in [6.45, 7) is 2.35. The highest BCUT2D eigenvalue weighted by Crippen LogP contribution is 2.30. The van der Waals surface area contributed by atoms with Gasteiger partial charge in [-0.1, -0.05) is 0 Å². The number of carbonyl (C=O) groups excluding carboxylic acids is 1. The summed E-state index contributed by atoms with van der Waals surface area (Å²) in [5, 5.41) is 3.97. The Morgan fingerprint density at radius 1 is 1.24 bits per heavy atom. The first-order valence-electron chi connectivity index (χ1n) is 7.87. The van der Waals surface area contributed by atoms with Crippen LogP contribution in [0.5, 0.6) is 0 Å². The number of hydrogen-bond donors (Lipinski definition) is 1. The third kappa shape index (κ3) is 3.74. The van der Waals surface area contributed by atoms with Crippen molar-refractivity contribution in [2.75, 3.05) is 12.4 Å². The molecule has 0 amide bonds. The molecule has 0 bridgehead atoms. The van der Waals surface area contributed by atoms with Gasteiger partial charge in [-0.3, -0.25) is 14.8 Å². The number of fused-ring (bicyclic) bond motifs is 1. The molecule has 6 heteroatoms. The molecule has 0 saturated heterocycles. The van der Waals surface area contributed by atoms with Gasteiger partial charge in [-0.25, -0.2) is 4.39 Å². The standard InChI is InChI=1S/C19H18FN3O2/c1-12-15(10-18(24)25-2)19(22-11-13-5-7-21-8-6-13)16-9-14(20)3-4-17(16)23-12/h3-9H,10-11H2,1-2H3,(H,22,23). The van der Waals surface area contributed by atoms with Crippen molar-refractivity contribution in [3.8, 4) is 0 Å². The Morgan fingerprint density at radius 2 is 2.00 bits per heavy atom. The molecular formula is C19H18FN3O2. The second kappa shape index (κ2) is 7.25. The monoisotopic (exact) mass is 339 g/mol. The Morgan fingerprint density at radius 3 is 2.72 bits per heavy atom. The highest BCUT2D eigenvalue weighted by molar-refractivity contribution is 5.95. The van der Waals surface area contributed by atoms with Crippen molar-refractivity contribution in [2.45, 2.75) is 19.9 Å². The van der Waals surface area contributed by atoms with E-state index in [9.17, 15) is 9.18 Å². The number of carbonyl (C=O) groups is 1. The van der Waals surface area contributed by atoms with E-state index in [0.29, 0.717) is 34.4 Å². The lowest BCUT2D eigenvalue weighted by atomic mass is 10.0. The van der Waals surface area contributed by atoms with Crippen LogP contribution in [0.15, 0.2) is 42.7 Å². The fourth-order valence-electron chi connectivity index (χ4n) is 2.72. The van der Waals surface area contributed by atoms with Crippen molar-refractivity contribution in [1.29, 1.82) is 0 Å². The lowest BCUT2D eigenvalue weighted by Gasteiger charge is -2.17. The fourth-order valence-corrected chi connectivity index (χ4v) is 2.72. The SMILES string of the molecule is COC(=O)Cc1c(C)nc2ccc(F)cc2c1NCc1ccncc1. The molecule has 0 atom stereocenters. The van der Waals surface area contributed by atoms with E-state index < -0.39 is 0 Å². The van der Waals surface area contributed by atoms with Gasteiger partial charge in [-0.15, -0.1) is 0 Å². The average Bonchev–Trinajstić information content (AvgIpc) is 2.62. The zero-order valence-electron chi connectivity index (χ0n) is 14.0. The molecule has 5 nitrogen and oxygen atoms in total. The molecule has 2 aromatic heterocycles. The molecule has 1 N–H and O–H groups in total. The van der Waals surface area contributed by atoms with Gasteiger partial charge in [0, 0.05) is 41.3 Å². The first kappa shape index (κ1) is 16.8. The van der Waals surface area contributed by atoms with Gasteiger partial charge in [0.2, 0.25) is 0 Å². The van der Waals surface area contributed by atoms with Crippen LogP contribution in [0.3, 0.4) is 0 Å². The normalized spacial score (nSPS) is 10.7. The van der Waals surface area contributed by atoms with Crippen LogP contribution in [0.4, 0.5) is 10.1 Å². The van der Waals surface area contributed by atoms with Gasteiger partial charge in [0.25, 0.3) is 0 Å². The number of pyridine rings is 2. The van der Waals surface area contributed by atoms with Crippen LogP contribution in [-0.4, -0.2) is 23.0 Å². The number of anilines is 1. The lowest BCUT2D eigenvalue weighted by Crippen LogP contribution is -2.12. The number of halogens is 1. The number of rotatable bonds is 5. The number of nitrogens with zero attached hydrogens (tertiary/aromatic N) is 2. The molecule has 0 unspecified atom stereocenters. The maximum Gasteiger partial charge on any atom is 0.310 e. The van der Waals surface area contributed by atoms with E-state index >= 15 is 0 Å². The topological polar surface area (TPSA) is 64.1 Å². The van der Waals surface area contributed by atoms with Crippen molar-refractivity contribution in [1.82, 2.24) is 9.97 Å². The van der Waals surface area contributed by atoms with Crippen LogP contribution in [0, 0.1) is 12.7 Å². The summed E-state index contributed by atoms with van der Waals surface area (Å²) < 4.78 is 18.6. The third-order valence-corrected chi connectivity index (χ3v) is 4.02. The molecule has 0 spiro atoms. The lowest BCUT2D eigenvalue weighted by molar-refractivity contribution is -0.139. The summed E-state index contributed by atoms with van der Waals surface area (Å²) >= 11 is 0. The molecule has 1 aromatic carbocycles. The van der Waals surface area contributed by atoms with Crippen molar-refractivity contribution >= 4 is 22.6 Å². The van der Waals surface area contributed by atoms with Crippen LogP contribution in [0.25, 0.3) is 10.9 Å². The summed E-state index contributed by atoms with van der Waals surface area (Å²) in [5.41, 5.74) is 3.81. The maximum absolute atomic E-state index is 13.8. The molecule has 3 aromatic rings. The van der Waals surface area contributed by atoms with Crippen molar-refractivity contribution < 1.29 is 13.9 Å². The Balaban J connectivity index is 2.08. The van der Waals surface area contributed by atoms with Gasteiger partial charge in [0.05, 0.1) is 19.0 Å². The molecule has 0 saturated carbocycles. The predicted molar refractivity (Wildman–Crippen MR) is 93.7 cm³/mol. The summed E-state index contributed by atoms with van der Waals surface area (Å²) in [6, 6.07) is 8.23. The van der Waals surface area contributed by atoms with E-state index in [1.54, 1.807) is 18.5 Å². The molecule has 0 aliphatic rings. The minimum atomic E-state index is -0.368. The van der Waals surface area contributed by atoms with Crippen LogP contribution < -0.4 is 5.32 Å². The van der Waals surface area contributed by atoms with Crippen LogP contribution in [-0.2, 0) is 22.5 Å². The number of methoxy groups -OCH3 is 1. The number of ether oxygens (including phenoxy) is 1. The number of aryl methyl sites for hydroxylation is 1. The van der Waals surface area contributed by atoms with Gasteiger partial charge in [-0.05, 0) is 42.8 Å². The summed E-state index contributed by atoms with van der Waals surface area (Å²) in [7, 11) is 1.34. The van der Waals surface area contributed by atoms with Gasteiger partial charge in [-0.2, -0.15) is 0 Å². The minimum Gasteiger partial charge on any atom is -0.469 e. The van der Waals surface area contributed by atoms with E-state index in [4.69, 9.17) is 4.74 Å². The van der Waals surface area contributed by atoms with Crippen LogP contribution >= 0.6 is 0 Å². The van der Waals surface area contributed by atoms with E-state index in [2.05, 4.69) is 15.3 Å². The highest BCUT2D eigenvalue weighted by atomic mass is 19.1. The summed E-state index contributed by atoms with van der Waals surface area (Å²) in [6.07, 6.45) is 3.49. The van der Waals surface area contributed by atoms with E-state index in [0.717, 1.165) is 5.56 Å². The van der Waals surface area contributed by atoms with Crippen molar-refractivity contribution in [3.63, 3.8) is 0 Å². The molecule has 2 heterocycles. The molecule has 3 rings (SSSR count). The van der Waals surface area contributed by atoms with Gasteiger partial charge < -0.3 is 10.1 Å². The number of esters is 1. The quantitative estimate of drug-likeness (QED) is 0.722. The maximum atomic E-state index is 13.8. The molecule has 128 valence electrons. The Labute approximate surface area is 144 Å². The predicted octanol–water partition coefficient (Wildman–Crippen LogP) is 3.40. The first-order valence-corrected chi connectivity index (χ1v) is 7.87. The van der Waals surface area contributed by atoms with Crippen LogP contribution in [0.2, 0.25) is 0 Å². The second-order valence-electron chi connectivity index (χ2n) is 5.67. The number of aromatic nitrogens is 2. The summed E-state index contributed by atoms with van der Waals surface area (Å²) in [5.74, 6) is -0.721. The largest absolute Gasteiger partial charge is 0.469 e. The highest BCUT2D eigenvalue weighted by Gasteiger charge is 2.16. The Hall–Kier alpha value is -3.02. The second-order valence-corrected chi connectivity index (χ2v) is 5.67. The molecule has 0 aliphatic carbocycles. The van der Waals surface area contributed by atoms with Crippen LogP contribution in [0.1, 0.15) is 16.8 Å². The number of benzene rings is 1. The summed E-state index contributed by atoms with van der Waals surface area (Å²) in [4.78, 5) is 20.3. The van der Waals surface area contributed by atoms with Gasteiger partial charge in [0.15, 0.2) is 0 Å². The number of nitrogens with one attached hydrogen (secondary N) is 1. The van der Waals surface area contributed by atoms with Gasteiger partial charge in [0.1, 0.15) is 5.82 Å². The molecule has 0 aliphatic heterocycles. The Bertz CT molecular complexity index is 913. The average molecular weight is 339 g/mol. The molecule has 0 radical (unpaired) electrons. The van der Waals surface area contributed by atoms with E-state index in [1.165, 1.54) is 19.2 Å². The number of hydrogen-bond acceptors (Lipinski definition) is 5. The zero-order chi connectivity index (χ0) is 17.8. The smallest absolute Gasteiger partial charge is 0.310 e. The van der Waals surface area contributed by atoms with E-state index in [-0.39, 0.29) is 18.2 Å². The van der Waals surface area contributed by atoms with Gasteiger partial charge >= 0.3 is 5.97 Å². The van der Waals surface area contributed by atoms with E-state index in [1.807, 2.05) is 19.1 Å². The molecular weight excluding hydrogens is 321 g/mol. The molecule has 0 fully saturated rings.